The minimum atomic E-state index is 0.813. The average Bonchev–Trinajstić information content (AvgIpc) is 2.27. The van der Waals surface area contributed by atoms with Crippen LogP contribution in [0.3, 0.4) is 0 Å². The van der Waals surface area contributed by atoms with Crippen LogP contribution in [0.4, 0.5) is 0 Å². The van der Waals surface area contributed by atoms with E-state index in [0.29, 0.717) is 0 Å². The molecule has 0 aromatic heterocycles. The SMILES string of the molecule is C=C(C)C1=NC=CCC=C1OC. The molecule has 0 fully saturated rings. The Hall–Kier alpha value is -1.31. The van der Waals surface area contributed by atoms with Crippen LogP contribution in [-0.2, 0) is 4.74 Å². The molecule has 2 nitrogen and oxygen atoms in total. The van der Waals surface area contributed by atoms with Crippen molar-refractivity contribution in [3.8, 4) is 0 Å². The van der Waals surface area contributed by atoms with Crippen molar-refractivity contribution < 1.29 is 4.74 Å². The second-order valence-electron chi connectivity index (χ2n) is 2.65. The van der Waals surface area contributed by atoms with E-state index in [1.165, 1.54) is 0 Å². The first-order valence-electron chi connectivity index (χ1n) is 3.89. The highest BCUT2D eigenvalue weighted by molar-refractivity contribution is 6.10. The van der Waals surface area contributed by atoms with Crippen molar-refractivity contribution in [1.82, 2.24) is 0 Å². The van der Waals surface area contributed by atoms with Gasteiger partial charge in [-0.05, 0) is 25.0 Å². The second kappa shape index (κ2) is 3.90. The maximum atomic E-state index is 5.17. The summed E-state index contributed by atoms with van der Waals surface area (Å²) >= 11 is 0. The molecule has 1 aliphatic rings. The van der Waals surface area contributed by atoms with Crippen molar-refractivity contribution in [1.29, 1.82) is 0 Å². The number of methoxy groups -OCH3 is 1. The average molecular weight is 163 g/mol. The van der Waals surface area contributed by atoms with Gasteiger partial charge in [-0.3, -0.25) is 4.99 Å². The van der Waals surface area contributed by atoms with Crippen molar-refractivity contribution in [3.05, 3.63) is 36.3 Å². The van der Waals surface area contributed by atoms with Crippen LogP contribution in [0.25, 0.3) is 0 Å². The molecule has 0 amide bonds. The minimum absolute atomic E-state index is 0.813. The Morgan fingerprint density at radius 1 is 1.67 bits per heavy atom. The lowest BCUT2D eigenvalue weighted by Crippen LogP contribution is -2.04. The molecule has 64 valence electrons. The molecular formula is C10H13NO. The monoisotopic (exact) mass is 163 g/mol. The van der Waals surface area contributed by atoms with E-state index in [-0.39, 0.29) is 0 Å². The van der Waals surface area contributed by atoms with Gasteiger partial charge in [0.05, 0.1) is 7.11 Å². The first-order valence-corrected chi connectivity index (χ1v) is 3.89. The van der Waals surface area contributed by atoms with E-state index in [0.717, 1.165) is 23.5 Å². The molecule has 0 aromatic carbocycles. The Morgan fingerprint density at radius 2 is 2.42 bits per heavy atom. The van der Waals surface area contributed by atoms with Crippen molar-refractivity contribution in [2.45, 2.75) is 13.3 Å². The van der Waals surface area contributed by atoms with Crippen molar-refractivity contribution in [2.24, 2.45) is 4.99 Å². The maximum Gasteiger partial charge on any atom is 0.141 e. The number of allylic oxidation sites excluding steroid dienone is 3. The zero-order valence-corrected chi connectivity index (χ0v) is 7.50. The molecule has 2 heteroatoms. The van der Waals surface area contributed by atoms with E-state index >= 15 is 0 Å². The highest BCUT2D eigenvalue weighted by atomic mass is 16.5. The van der Waals surface area contributed by atoms with Gasteiger partial charge in [0.25, 0.3) is 0 Å². The molecule has 0 saturated heterocycles. The van der Waals surface area contributed by atoms with Crippen LogP contribution in [0.15, 0.2) is 41.3 Å². The van der Waals surface area contributed by atoms with E-state index in [1.807, 2.05) is 19.1 Å². The van der Waals surface area contributed by atoms with Gasteiger partial charge in [-0.1, -0.05) is 12.7 Å². The molecule has 0 aromatic rings. The molecule has 0 N–H and O–H groups in total. The summed E-state index contributed by atoms with van der Waals surface area (Å²) in [6.45, 7) is 5.75. The number of rotatable bonds is 2. The fourth-order valence-corrected chi connectivity index (χ4v) is 1.02. The van der Waals surface area contributed by atoms with Crippen LogP contribution in [0.1, 0.15) is 13.3 Å². The first kappa shape index (κ1) is 8.78. The van der Waals surface area contributed by atoms with Crippen LogP contribution in [0, 0.1) is 0 Å². The van der Waals surface area contributed by atoms with Gasteiger partial charge in [0.15, 0.2) is 0 Å². The summed E-state index contributed by atoms with van der Waals surface area (Å²) in [6.07, 6.45) is 6.63. The lowest BCUT2D eigenvalue weighted by atomic mass is 10.1. The Bertz CT molecular complexity index is 272. The maximum absolute atomic E-state index is 5.17. The van der Waals surface area contributed by atoms with Crippen LogP contribution >= 0.6 is 0 Å². The second-order valence-corrected chi connectivity index (χ2v) is 2.65. The normalized spacial score (nSPS) is 16.2. The predicted octanol–water partition coefficient (Wildman–Crippen LogP) is 2.45. The van der Waals surface area contributed by atoms with E-state index in [2.05, 4.69) is 11.6 Å². The fraction of sp³-hybridized carbons (Fsp3) is 0.300. The van der Waals surface area contributed by atoms with Gasteiger partial charge in [-0.25, -0.2) is 0 Å². The fourth-order valence-electron chi connectivity index (χ4n) is 1.02. The highest BCUT2D eigenvalue weighted by Crippen LogP contribution is 2.11. The molecule has 0 atom stereocenters. The topological polar surface area (TPSA) is 21.6 Å². The van der Waals surface area contributed by atoms with E-state index in [4.69, 9.17) is 4.74 Å². The third-order valence-corrected chi connectivity index (χ3v) is 1.61. The Balaban J connectivity index is 2.98. The number of nitrogens with zero attached hydrogens (tertiary/aromatic N) is 1. The highest BCUT2D eigenvalue weighted by Gasteiger charge is 2.07. The molecule has 1 heterocycles. The van der Waals surface area contributed by atoms with Crippen molar-refractivity contribution in [3.63, 3.8) is 0 Å². The summed E-state index contributed by atoms with van der Waals surface area (Å²) in [4.78, 5) is 4.22. The quantitative estimate of drug-likeness (QED) is 0.612. The molecule has 0 bridgehead atoms. The smallest absolute Gasteiger partial charge is 0.141 e. The van der Waals surface area contributed by atoms with Gasteiger partial charge < -0.3 is 4.74 Å². The number of hydrogen-bond donors (Lipinski definition) is 0. The summed E-state index contributed by atoms with van der Waals surface area (Å²) in [7, 11) is 1.65. The number of hydrogen-bond acceptors (Lipinski definition) is 2. The lowest BCUT2D eigenvalue weighted by molar-refractivity contribution is 0.314. The zero-order valence-electron chi connectivity index (χ0n) is 7.50. The number of aliphatic imine (C=N–C) groups is 1. The summed E-state index contributed by atoms with van der Waals surface area (Å²) in [5.74, 6) is 0.813. The predicted molar refractivity (Wildman–Crippen MR) is 51.1 cm³/mol. The van der Waals surface area contributed by atoms with Gasteiger partial charge in [0.1, 0.15) is 11.5 Å². The third kappa shape index (κ3) is 1.84. The third-order valence-electron chi connectivity index (χ3n) is 1.61. The molecule has 0 saturated carbocycles. The lowest BCUT2D eigenvalue weighted by Gasteiger charge is -2.07. The molecule has 0 unspecified atom stereocenters. The Morgan fingerprint density at radius 3 is 3.00 bits per heavy atom. The van der Waals surface area contributed by atoms with Crippen LogP contribution in [0.2, 0.25) is 0 Å². The molecule has 12 heavy (non-hydrogen) atoms. The van der Waals surface area contributed by atoms with E-state index < -0.39 is 0 Å². The first-order chi connectivity index (χ1) is 5.75. The van der Waals surface area contributed by atoms with E-state index in [9.17, 15) is 0 Å². The van der Waals surface area contributed by atoms with Crippen LogP contribution in [-0.4, -0.2) is 12.8 Å². The Kier molecular flexibility index (Phi) is 2.86. The van der Waals surface area contributed by atoms with Crippen LogP contribution < -0.4 is 0 Å². The van der Waals surface area contributed by atoms with Gasteiger partial charge in [-0.2, -0.15) is 0 Å². The molecule has 0 spiro atoms. The molecule has 1 aliphatic heterocycles. The minimum Gasteiger partial charge on any atom is -0.495 e. The largest absolute Gasteiger partial charge is 0.495 e. The standard InChI is InChI=1S/C10H13NO/c1-8(2)10-9(12-3)6-4-5-7-11-10/h5-7H,1,4H2,2-3H3. The molecule has 0 aliphatic carbocycles. The molecule has 1 rings (SSSR count). The van der Waals surface area contributed by atoms with Gasteiger partial charge in [0, 0.05) is 6.20 Å². The van der Waals surface area contributed by atoms with Crippen molar-refractivity contribution >= 4 is 5.71 Å². The molecule has 0 radical (unpaired) electrons. The van der Waals surface area contributed by atoms with Gasteiger partial charge in [-0.15, -0.1) is 0 Å². The summed E-state index contributed by atoms with van der Waals surface area (Å²) in [5, 5.41) is 0. The van der Waals surface area contributed by atoms with Gasteiger partial charge >= 0.3 is 0 Å². The summed E-state index contributed by atoms with van der Waals surface area (Å²) < 4.78 is 5.17. The van der Waals surface area contributed by atoms with E-state index in [1.54, 1.807) is 13.3 Å². The molecular weight excluding hydrogens is 150 g/mol. The van der Waals surface area contributed by atoms with Crippen molar-refractivity contribution in [2.75, 3.05) is 7.11 Å². The van der Waals surface area contributed by atoms with Gasteiger partial charge in [0.2, 0.25) is 0 Å². The Labute approximate surface area is 73.0 Å². The summed E-state index contributed by atoms with van der Waals surface area (Å²) in [6, 6.07) is 0. The summed E-state index contributed by atoms with van der Waals surface area (Å²) in [5.41, 5.74) is 1.76. The van der Waals surface area contributed by atoms with Crippen LogP contribution in [0.5, 0.6) is 0 Å². The number of ether oxygens (including phenoxy) is 1. The zero-order chi connectivity index (χ0) is 8.97.